The van der Waals surface area contributed by atoms with E-state index in [4.69, 9.17) is 4.74 Å². The first-order valence-electron chi connectivity index (χ1n) is 11.6. The maximum atomic E-state index is 13.6. The van der Waals surface area contributed by atoms with Gasteiger partial charge in [-0.05, 0) is 42.0 Å². The number of nitrogens with one attached hydrogen (secondary N) is 1. The quantitative estimate of drug-likeness (QED) is 0.619. The molecule has 2 aliphatic heterocycles. The Morgan fingerprint density at radius 1 is 1.19 bits per heavy atom. The molecule has 2 amide bonds. The van der Waals surface area contributed by atoms with Gasteiger partial charge in [0.15, 0.2) is 0 Å². The predicted molar refractivity (Wildman–Crippen MR) is 127 cm³/mol. The number of carbonyl (C=O) groups excluding carboxylic acids is 2. The molecule has 172 valence electrons. The zero-order valence-electron chi connectivity index (χ0n) is 19.0. The molecule has 0 unspecified atom stereocenters. The first-order valence-corrected chi connectivity index (χ1v) is 12.5. The number of hydrogen-bond acceptors (Lipinski definition) is 5. The van der Waals surface area contributed by atoms with E-state index < -0.39 is 5.92 Å². The normalized spacial score (nSPS) is 21.6. The highest BCUT2D eigenvalue weighted by molar-refractivity contribution is 7.10. The van der Waals surface area contributed by atoms with Gasteiger partial charge in [-0.2, -0.15) is 0 Å². The van der Waals surface area contributed by atoms with Gasteiger partial charge in [0.05, 0.1) is 25.2 Å². The van der Waals surface area contributed by atoms with E-state index in [1.807, 2.05) is 46.7 Å². The van der Waals surface area contributed by atoms with E-state index in [2.05, 4.69) is 24.1 Å². The van der Waals surface area contributed by atoms with E-state index in [-0.39, 0.29) is 17.9 Å². The molecule has 1 fully saturated rings. The van der Waals surface area contributed by atoms with Crippen LogP contribution in [0.4, 0.5) is 0 Å². The molecule has 0 radical (unpaired) electrons. The fourth-order valence-electron chi connectivity index (χ4n) is 4.69. The highest BCUT2D eigenvalue weighted by atomic mass is 32.1. The molecular weight excluding hydrogens is 422 g/mol. The summed E-state index contributed by atoms with van der Waals surface area (Å²) in [6.45, 7) is 9.91. The Morgan fingerprint density at radius 3 is 2.69 bits per heavy atom. The Bertz CT molecular complexity index is 909. The maximum absolute atomic E-state index is 13.6. The SMILES string of the molecule is CC(C)CN1C(=O)c2ccccc2[C@@H](C(=O)NCCCN2CCOCC2)[C@H]1c1cccs1. The molecule has 1 N–H and O–H groups in total. The van der Waals surface area contributed by atoms with Crippen LogP contribution in [0.1, 0.15) is 53.0 Å². The summed E-state index contributed by atoms with van der Waals surface area (Å²) in [5, 5.41) is 5.20. The highest BCUT2D eigenvalue weighted by Gasteiger charge is 2.44. The molecule has 1 saturated heterocycles. The summed E-state index contributed by atoms with van der Waals surface area (Å²) in [4.78, 5) is 32.4. The molecule has 0 saturated carbocycles. The van der Waals surface area contributed by atoms with Crippen LogP contribution >= 0.6 is 11.3 Å². The number of rotatable bonds is 8. The van der Waals surface area contributed by atoms with E-state index in [1.54, 1.807) is 11.3 Å². The Balaban J connectivity index is 1.55. The molecule has 7 heteroatoms. The summed E-state index contributed by atoms with van der Waals surface area (Å²) in [5.74, 6) is -0.0863. The van der Waals surface area contributed by atoms with Gasteiger partial charge in [-0.15, -0.1) is 11.3 Å². The van der Waals surface area contributed by atoms with Gasteiger partial charge in [-0.3, -0.25) is 14.5 Å². The van der Waals surface area contributed by atoms with Crippen LogP contribution in [-0.4, -0.2) is 67.6 Å². The van der Waals surface area contributed by atoms with Gasteiger partial charge >= 0.3 is 0 Å². The van der Waals surface area contributed by atoms with Crippen molar-refractivity contribution >= 4 is 23.2 Å². The number of benzene rings is 1. The van der Waals surface area contributed by atoms with Crippen LogP contribution in [0, 0.1) is 5.92 Å². The fourth-order valence-corrected chi connectivity index (χ4v) is 5.57. The lowest BCUT2D eigenvalue weighted by Crippen LogP contribution is -2.48. The topological polar surface area (TPSA) is 61.9 Å². The zero-order chi connectivity index (χ0) is 22.5. The molecule has 4 rings (SSSR count). The van der Waals surface area contributed by atoms with Crippen LogP contribution in [0.3, 0.4) is 0 Å². The summed E-state index contributed by atoms with van der Waals surface area (Å²) in [6, 6.07) is 11.4. The number of hydrogen-bond donors (Lipinski definition) is 1. The van der Waals surface area contributed by atoms with Gasteiger partial charge in [0.25, 0.3) is 5.91 Å². The minimum Gasteiger partial charge on any atom is -0.379 e. The van der Waals surface area contributed by atoms with Crippen molar-refractivity contribution in [1.29, 1.82) is 0 Å². The van der Waals surface area contributed by atoms with E-state index in [0.29, 0.717) is 24.6 Å². The number of fused-ring (bicyclic) bond motifs is 1. The van der Waals surface area contributed by atoms with E-state index >= 15 is 0 Å². The van der Waals surface area contributed by atoms with Crippen LogP contribution in [0.2, 0.25) is 0 Å². The van der Waals surface area contributed by atoms with Crippen molar-refractivity contribution in [3.8, 4) is 0 Å². The average molecular weight is 456 g/mol. The number of thiophene rings is 1. The van der Waals surface area contributed by atoms with Gasteiger partial charge in [-0.25, -0.2) is 0 Å². The molecule has 2 atom stereocenters. The van der Waals surface area contributed by atoms with Crippen molar-refractivity contribution in [2.75, 3.05) is 45.9 Å². The third kappa shape index (κ3) is 5.05. The predicted octanol–water partition coefficient (Wildman–Crippen LogP) is 3.52. The van der Waals surface area contributed by atoms with Crippen molar-refractivity contribution in [3.63, 3.8) is 0 Å². The first-order chi connectivity index (χ1) is 15.6. The fraction of sp³-hybridized carbons (Fsp3) is 0.520. The summed E-state index contributed by atoms with van der Waals surface area (Å²) >= 11 is 1.61. The number of ether oxygens (including phenoxy) is 1. The van der Waals surface area contributed by atoms with Gasteiger partial charge in [0.1, 0.15) is 0 Å². The molecule has 6 nitrogen and oxygen atoms in total. The van der Waals surface area contributed by atoms with Crippen molar-refractivity contribution in [2.45, 2.75) is 32.2 Å². The lowest BCUT2D eigenvalue weighted by molar-refractivity contribution is -0.124. The highest BCUT2D eigenvalue weighted by Crippen LogP contribution is 2.44. The molecule has 2 aliphatic rings. The Labute approximate surface area is 194 Å². The summed E-state index contributed by atoms with van der Waals surface area (Å²) < 4.78 is 5.41. The largest absolute Gasteiger partial charge is 0.379 e. The van der Waals surface area contributed by atoms with Crippen molar-refractivity contribution in [1.82, 2.24) is 15.1 Å². The molecule has 32 heavy (non-hydrogen) atoms. The Kier molecular flexibility index (Phi) is 7.60. The van der Waals surface area contributed by atoms with Gasteiger partial charge in [0.2, 0.25) is 5.91 Å². The first kappa shape index (κ1) is 23.0. The maximum Gasteiger partial charge on any atom is 0.254 e. The number of nitrogens with zero attached hydrogens (tertiary/aromatic N) is 2. The van der Waals surface area contributed by atoms with Crippen LogP contribution in [0.5, 0.6) is 0 Å². The van der Waals surface area contributed by atoms with Crippen LogP contribution in [0.25, 0.3) is 0 Å². The lowest BCUT2D eigenvalue weighted by Gasteiger charge is -2.42. The summed E-state index contributed by atoms with van der Waals surface area (Å²) in [7, 11) is 0. The lowest BCUT2D eigenvalue weighted by atomic mass is 9.81. The number of morpholine rings is 1. The summed E-state index contributed by atoms with van der Waals surface area (Å²) in [6.07, 6.45) is 0.901. The molecule has 0 spiro atoms. The zero-order valence-corrected chi connectivity index (χ0v) is 19.8. The third-order valence-electron chi connectivity index (χ3n) is 6.17. The van der Waals surface area contributed by atoms with E-state index in [1.165, 1.54) is 0 Å². The second-order valence-electron chi connectivity index (χ2n) is 8.98. The standard InChI is InChI=1S/C25H33N3O3S/c1-18(2)17-28-23(21-9-5-16-32-21)22(19-7-3-4-8-20(19)25(28)30)24(29)26-10-6-11-27-12-14-31-15-13-27/h3-5,7-9,16,18,22-23H,6,10-15,17H2,1-2H3,(H,26,29)/t22-,23-/m1/s1. The monoisotopic (exact) mass is 455 g/mol. The van der Waals surface area contributed by atoms with Gasteiger partial charge in [-0.1, -0.05) is 38.1 Å². The smallest absolute Gasteiger partial charge is 0.254 e. The minimum atomic E-state index is -0.412. The number of carbonyl (C=O) groups is 2. The van der Waals surface area contributed by atoms with Crippen molar-refractivity contribution in [2.24, 2.45) is 5.92 Å². The molecule has 3 heterocycles. The van der Waals surface area contributed by atoms with E-state index in [0.717, 1.165) is 49.7 Å². The van der Waals surface area contributed by atoms with E-state index in [9.17, 15) is 9.59 Å². The van der Waals surface area contributed by atoms with Crippen LogP contribution in [-0.2, 0) is 9.53 Å². The van der Waals surface area contributed by atoms with Crippen molar-refractivity contribution < 1.29 is 14.3 Å². The molecule has 1 aromatic carbocycles. The van der Waals surface area contributed by atoms with Crippen molar-refractivity contribution in [3.05, 3.63) is 57.8 Å². The second-order valence-corrected chi connectivity index (χ2v) is 9.95. The minimum absolute atomic E-state index is 0.000849. The third-order valence-corrected chi connectivity index (χ3v) is 7.11. The Hall–Kier alpha value is -2.22. The average Bonchev–Trinajstić information content (AvgIpc) is 3.33. The van der Waals surface area contributed by atoms with Gasteiger partial charge in [0, 0.05) is 36.6 Å². The second kappa shape index (κ2) is 10.6. The van der Waals surface area contributed by atoms with Crippen LogP contribution in [0.15, 0.2) is 41.8 Å². The molecule has 1 aromatic heterocycles. The molecule has 0 bridgehead atoms. The van der Waals surface area contributed by atoms with Gasteiger partial charge < -0.3 is 15.0 Å². The Morgan fingerprint density at radius 2 is 1.97 bits per heavy atom. The molecular formula is C25H33N3O3S. The molecule has 2 aromatic rings. The van der Waals surface area contributed by atoms with Crippen LogP contribution < -0.4 is 5.32 Å². The molecule has 0 aliphatic carbocycles. The summed E-state index contributed by atoms with van der Waals surface area (Å²) in [5.41, 5.74) is 1.48. The number of amides is 2.